The zero-order valence-corrected chi connectivity index (χ0v) is 11.2. The number of nitrogens with one attached hydrogen (secondary N) is 1. The van der Waals surface area contributed by atoms with Gasteiger partial charge in [0.1, 0.15) is 0 Å². The van der Waals surface area contributed by atoms with Crippen LogP contribution in [-0.4, -0.2) is 23.5 Å². The number of hydrogen-bond acceptors (Lipinski definition) is 5. The van der Waals surface area contributed by atoms with Crippen LogP contribution in [-0.2, 0) is 11.3 Å². The van der Waals surface area contributed by atoms with Gasteiger partial charge in [-0.3, -0.25) is 14.9 Å². The highest BCUT2D eigenvalue weighted by Gasteiger charge is 2.21. The first-order chi connectivity index (χ1) is 9.49. The Hall–Kier alpha value is -2.41. The first-order valence-electron chi connectivity index (χ1n) is 6.02. The molecule has 0 aliphatic rings. The molecule has 0 bridgehead atoms. The molecular weight excluding hydrogens is 262 g/mol. The predicted octanol–water partition coefficient (Wildman–Crippen LogP) is 1.12. The number of nitrogens with zero attached hydrogens (tertiary/aromatic N) is 1. The number of carbonyl (C=O) groups excluding carboxylic acids is 1. The third-order valence-corrected chi connectivity index (χ3v) is 2.55. The largest absolute Gasteiger partial charge is 0.474 e. The minimum atomic E-state index is -0.850. The van der Waals surface area contributed by atoms with Crippen molar-refractivity contribution in [1.82, 2.24) is 5.32 Å². The van der Waals surface area contributed by atoms with Crippen molar-refractivity contribution in [1.29, 1.82) is 0 Å². The molecule has 0 aromatic heterocycles. The van der Waals surface area contributed by atoms with E-state index in [-0.39, 0.29) is 23.9 Å². The molecule has 1 unspecified atom stereocenters. The first-order valence-corrected chi connectivity index (χ1v) is 6.02. The van der Waals surface area contributed by atoms with E-state index in [0.29, 0.717) is 12.1 Å². The zero-order valence-electron chi connectivity index (χ0n) is 11.2. The highest BCUT2D eigenvalue weighted by Crippen LogP contribution is 2.28. The predicted molar refractivity (Wildman–Crippen MR) is 74.3 cm³/mol. The second kappa shape index (κ2) is 7.25. The standard InChI is InChI=1S/C13H17N3O4/c1-3-6-15-13(17)9(2)20-12-5-4-10(8-14)7-11(12)16(18)19/h3-5,7,9H,1,6,8,14H2,2H3,(H,15,17). The maximum absolute atomic E-state index is 11.6. The summed E-state index contributed by atoms with van der Waals surface area (Å²) in [6, 6.07) is 4.40. The van der Waals surface area contributed by atoms with Gasteiger partial charge in [0.05, 0.1) is 4.92 Å². The van der Waals surface area contributed by atoms with Crippen molar-refractivity contribution in [3.05, 3.63) is 46.5 Å². The highest BCUT2D eigenvalue weighted by atomic mass is 16.6. The number of benzene rings is 1. The molecule has 0 spiro atoms. The van der Waals surface area contributed by atoms with Crippen LogP contribution >= 0.6 is 0 Å². The molecule has 20 heavy (non-hydrogen) atoms. The summed E-state index contributed by atoms with van der Waals surface area (Å²) in [5.41, 5.74) is 5.84. The van der Waals surface area contributed by atoms with E-state index in [1.807, 2.05) is 0 Å². The van der Waals surface area contributed by atoms with Crippen LogP contribution in [0.4, 0.5) is 5.69 Å². The van der Waals surface area contributed by atoms with Gasteiger partial charge < -0.3 is 15.8 Å². The lowest BCUT2D eigenvalue weighted by atomic mass is 10.2. The summed E-state index contributed by atoms with van der Waals surface area (Å²) in [6.07, 6.45) is 0.681. The molecule has 0 radical (unpaired) electrons. The van der Waals surface area contributed by atoms with Gasteiger partial charge in [0, 0.05) is 19.2 Å². The van der Waals surface area contributed by atoms with Crippen LogP contribution in [0.3, 0.4) is 0 Å². The van der Waals surface area contributed by atoms with Crippen LogP contribution in [0.2, 0.25) is 0 Å². The molecule has 0 saturated heterocycles. The van der Waals surface area contributed by atoms with Crippen molar-refractivity contribution in [2.75, 3.05) is 6.54 Å². The molecule has 0 aliphatic carbocycles. The summed E-state index contributed by atoms with van der Waals surface area (Å²) in [6.45, 7) is 5.49. The van der Waals surface area contributed by atoms with Crippen molar-refractivity contribution in [3.63, 3.8) is 0 Å². The Morgan fingerprint density at radius 2 is 2.35 bits per heavy atom. The van der Waals surface area contributed by atoms with Crippen molar-refractivity contribution < 1.29 is 14.5 Å². The van der Waals surface area contributed by atoms with E-state index in [1.54, 1.807) is 6.07 Å². The molecule has 108 valence electrons. The molecule has 0 heterocycles. The van der Waals surface area contributed by atoms with Gasteiger partial charge >= 0.3 is 5.69 Å². The third kappa shape index (κ3) is 4.06. The average molecular weight is 279 g/mol. The van der Waals surface area contributed by atoms with Gasteiger partial charge in [-0.15, -0.1) is 6.58 Å². The summed E-state index contributed by atoms with van der Waals surface area (Å²) in [4.78, 5) is 22.1. The summed E-state index contributed by atoms with van der Waals surface area (Å²) in [5, 5.41) is 13.5. The van der Waals surface area contributed by atoms with E-state index in [1.165, 1.54) is 25.1 Å². The monoisotopic (exact) mass is 279 g/mol. The Balaban J connectivity index is 2.88. The van der Waals surface area contributed by atoms with Gasteiger partial charge in [-0.2, -0.15) is 0 Å². The molecule has 1 aromatic rings. The maximum atomic E-state index is 11.6. The smallest absolute Gasteiger partial charge is 0.311 e. The van der Waals surface area contributed by atoms with Gasteiger partial charge in [-0.05, 0) is 18.6 Å². The van der Waals surface area contributed by atoms with E-state index >= 15 is 0 Å². The van der Waals surface area contributed by atoms with Gasteiger partial charge in [0.25, 0.3) is 5.91 Å². The zero-order chi connectivity index (χ0) is 15.1. The number of carbonyl (C=O) groups is 1. The Morgan fingerprint density at radius 1 is 1.65 bits per heavy atom. The number of ether oxygens (including phenoxy) is 1. The van der Waals surface area contributed by atoms with Crippen LogP contribution in [0.25, 0.3) is 0 Å². The van der Waals surface area contributed by atoms with Gasteiger partial charge in [-0.25, -0.2) is 0 Å². The fourth-order valence-electron chi connectivity index (χ4n) is 1.49. The molecular formula is C13H17N3O4. The average Bonchev–Trinajstić information content (AvgIpc) is 2.44. The lowest BCUT2D eigenvalue weighted by Gasteiger charge is -2.14. The van der Waals surface area contributed by atoms with E-state index in [0.717, 1.165) is 0 Å². The van der Waals surface area contributed by atoms with E-state index in [9.17, 15) is 14.9 Å². The van der Waals surface area contributed by atoms with E-state index in [4.69, 9.17) is 10.5 Å². The summed E-state index contributed by atoms with van der Waals surface area (Å²) < 4.78 is 5.34. The second-order valence-corrected chi connectivity index (χ2v) is 4.06. The first kappa shape index (κ1) is 15.6. The molecule has 1 aromatic carbocycles. The van der Waals surface area contributed by atoms with Gasteiger partial charge in [0.15, 0.2) is 11.9 Å². The number of rotatable bonds is 7. The van der Waals surface area contributed by atoms with Crippen LogP contribution in [0.15, 0.2) is 30.9 Å². The fourth-order valence-corrected chi connectivity index (χ4v) is 1.49. The molecule has 1 rings (SSSR count). The molecule has 3 N–H and O–H groups in total. The Morgan fingerprint density at radius 3 is 2.90 bits per heavy atom. The van der Waals surface area contributed by atoms with E-state index in [2.05, 4.69) is 11.9 Å². The number of nitrogens with two attached hydrogens (primary N) is 1. The van der Waals surface area contributed by atoms with E-state index < -0.39 is 11.0 Å². The third-order valence-electron chi connectivity index (χ3n) is 2.55. The maximum Gasteiger partial charge on any atom is 0.311 e. The lowest BCUT2D eigenvalue weighted by Crippen LogP contribution is -2.36. The summed E-state index contributed by atoms with van der Waals surface area (Å²) in [7, 11) is 0. The molecule has 1 amide bonds. The second-order valence-electron chi connectivity index (χ2n) is 4.06. The molecule has 1 atom stereocenters. The topological polar surface area (TPSA) is 107 Å². The molecule has 0 aliphatic heterocycles. The van der Waals surface area contributed by atoms with Crippen molar-refractivity contribution in [3.8, 4) is 5.75 Å². The Labute approximate surface area is 116 Å². The summed E-state index contributed by atoms with van der Waals surface area (Å²) in [5.74, 6) is -0.337. The molecule has 0 saturated carbocycles. The normalized spacial score (nSPS) is 11.5. The Bertz CT molecular complexity index is 516. The Kier molecular flexibility index (Phi) is 5.67. The minimum absolute atomic E-state index is 0.0356. The minimum Gasteiger partial charge on any atom is -0.474 e. The van der Waals surface area contributed by atoms with Crippen molar-refractivity contribution in [2.24, 2.45) is 5.73 Å². The number of hydrogen-bond donors (Lipinski definition) is 2. The quantitative estimate of drug-likeness (QED) is 0.442. The molecule has 7 heteroatoms. The lowest BCUT2D eigenvalue weighted by molar-refractivity contribution is -0.386. The number of amides is 1. The number of nitro groups is 1. The fraction of sp³-hybridized carbons (Fsp3) is 0.308. The SMILES string of the molecule is C=CCNC(=O)C(C)Oc1ccc(CN)cc1[N+](=O)[O-]. The van der Waals surface area contributed by atoms with Crippen LogP contribution in [0.1, 0.15) is 12.5 Å². The van der Waals surface area contributed by atoms with Gasteiger partial charge in [-0.1, -0.05) is 12.1 Å². The highest BCUT2D eigenvalue weighted by molar-refractivity contribution is 5.81. The van der Waals surface area contributed by atoms with Crippen LogP contribution in [0, 0.1) is 10.1 Å². The molecule has 0 fully saturated rings. The molecule has 7 nitrogen and oxygen atoms in total. The van der Waals surface area contributed by atoms with Crippen molar-refractivity contribution >= 4 is 11.6 Å². The van der Waals surface area contributed by atoms with Gasteiger partial charge in [0.2, 0.25) is 0 Å². The number of nitro benzene ring substituents is 1. The van der Waals surface area contributed by atoms with Crippen molar-refractivity contribution in [2.45, 2.75) is 19.6 Å². The van der Waals surface area contributed by atoms with Crippen LogP contribution < -0.4 is 15.8 Å². The summed E-state index contributed by atoms with van der Waals surface area (Å²) >= 11 is 0. The van der Waals surface area contributed by atoms with Crippen LogP contribution in [0.5, 0.6) is 5.75 Å².